The monoisotopic (exact) mass is 309 g/mol. The summed E-state index contributed by atoms with van der Waals surface area (Å²) >= 11 is 1.68. The third kappa shape index (κ3) is 4.18. The zero-order valence-corrected chi connectivity index (χ0v) is 14.8. The number of aromatic nitrogens is 2. The van der Waals surface area contributed by atoms with Crippen molar-refractivity contribution < 1.29 is 0 Å². The van der Waals surface area contributed by atoms with Gasteiger partial charge in [-0.25, -0.2) is 4.98 Å². The zero-order valence-electron chi connectivity index (χ0n) is 14.0. The van der Waals surface area contributed by atoms with E-state index in [2.05, 4.69) is 73.0 Å². The minimum Gasteiger partial charge on any atom is -0.357 e. The van der Waals surface area contributed by atoms with Crippen LogP contribution >= 0.6 is 11.3 Å². The molecule has 118 valence electrons. The third-order valence-corrected chi connectivity index (χ3v) is 4.13. The van der Waals surface area contributed by atoms with Crippen molar-refractivity contribution in [3.8, 4) is 0 Å². The van der Waals surface area contributed by atoms with Gasteiger partial charge in [-0.2, -0.15) is 0 Å². The fraction of sp³-hybridized carbons (Fsp3) is 0.667. The Morgan fingerprint density at radius 2 is 1.95 bits per heavy atom. The first-order chi connectivity index (χ1) is 9.78. The standard InChI is InChI=1S/C15H27N5S/c1-15(2,3)16-11-12-13(19(6)8-7-18(4)5)17-14-20(12)9-10-21-14/h9-10,16H,7-8,11H2,1-6H3. The highest BCUT2D eigenvalue weighted by molar-refractivity contribution is 7.15. The van der Waals surface area contributed by atoms with Crippen LogP contribution in [0.3, 0.4) is 0 Å². The lowest BCUT2D eigenvalue weighted by Gasteiger charge is -2.23. The fourth-order valence-corrected chi connectivity index (χ4v) is 2.82. The van der Waals surface area contributed by atoms with E-state index in [1.165, 1.54) is 5.69 Å². The molecule has 2 aromatic rings. The van der Waals surface area contributed by atoms with E-state index in [-0.39, 0.29) is 5.54 Å². The van der Waals surface area contributed by atoms with Gasteiger partial charge in [-0.1, -0.05) is 0 Å². The lowest BCUT2D eigenvalue weighted by Crippen LogP contribution is -2.36. The van der Waals surface area contributed by atoms with Gasteiger partial charge in [0.2, 0.25) is 0 Å². The van der Waals surface area contributed by atoms with E-state index in [1.807, 2.05) is 0 Å². The van der Waals surface area contributed by atoms with Crippen LogP contribution in [0.1, 0.15) is 26.5 Å². The third-order valence-electron chi connectivity index (χ3n) is 3.37. The number of hydrogen-bond donors (Lipinski definition) is 1. The summed E-state index contributed by atoms with van der Waals surface area (Å²) in [6.45, 7) is 9.38. The summed E-state index contributed by atoms with van der Waals surface area (Å²) in [5, 5.41) is 5.66. The summed E-state index contributed by atoms with van der Waals surface area (Å²) < 4.78 is 2.20. The average molecular weight is 309 g/mol. The number of nitrogens with zero attached hydrogens (tertiary/aromatic N) is 4. The van der Waals surface area contributed by atoms with Crippen LogP contribution in [-0.2, 0) is 6.54 Å². The Balaban J connectivity index is 2.23. The SMILES string of the molecule is CN(C)CCN(C)c1nc2sccn2c1CNC(C)(C)C. The number of rotatable bonds is 6. The molecule has 0 aliphatic rings. The molecule has 0 bridgehead atoms. The molecule has 2 heterocycles. The predicted molar refractivity (Wildman–Crippen MR) is 91.5 cm³/mol. The maximum atomic E-state index is 4.80. The molecule has 0 saturated heterocycles. The Hall–Kier alpha value is -1.11. The molecule has 0 radical (unpaired) electrons. The second-order valence-electron chi connectivity index (χ2n) is 6.77. The van der Waals surface area contributed by atoms with Gasteiger partial charge < -0.3 is 15.1 Å². The Morgan fingerprint density at radius 3 is 2.57 bits per heavy atom. The topological polar surface area (TPSA) is 35.8 Å². The highest BCUT2D eigenvalue weighted by Gasteiger charge is 2.18. The van der Waals surface area contributed by atoms with Gasteiger partial charge in [0.15, 0.2) is 10.8 Å². The first-order valence-electron chi connectivity index (χ1n) is 7.33. The molecule has 5 nitrogen and oxygen atoms in total. The highest BCUT2D eigenvalue weighted by Crippen LogP contribution is 2.24. The summed E-state index contributed by atoms with van der Waals surface area (Å²) in [6.07, 6.45) is 2.11. The lowest BCUT2D eigenvalue weighted by molar-refractivity contribution is 0.413. The molecule has 21 heavy (non-hydrogen) atoms. The van der Waals surface area contributed by atoms with Crippen LogP contribution in [0.4, 0.5) is 5.82 Å². The van der Waals surface area contributed by atoms with Gasteiger partial charge in [0.05, 0.1) is 5.69 Å². The van der Waals surface area contributed by atoms with Gasteiger partial charge in [0, 0.05) is 43.8 Å². The molecule has 0 aromatic carbocycles. The summed E-state index contributed by atoms with van der Waals surface area (Å²) in [5.74, 6) is 1.08. The Kier molecular flexibility index (Phi) is 4.91. The van der Waals surface area contributed by atoms with Crippen molar-refractivity contribution in [1.82, 2.24) is 19.6 Å². The van der Waals surface area contributed by atoms with E-state index < -0.39 is 0 Å². The van der Waals surface area contributed by atoms with E-state index in [4.69, 9.17) is 4.98 Å². The molecule has 6 heteroatoms. The fourth-order valence-electron chi connectivity index (χ4n) is 2.10. The minimum absolute atomic E-state index is 0.0969. The van der Waals surface area contributed by atoms with Crippen molar-refractivity contribution in [2.75, 3.05) is 39.1 Å². The zero-order chi connectivity index (χ0) is 15.6. The molecular weight excluding hydrogens is 282 g/mol. The molecule has 1 N–H and O–H groups in total. The number of thiazole rings is 1. The molecule has 0 unspecified atom stereocenters. The lowest BCUT2D eigenvalue weighted by atomic mass is 10.1. The Labute approximate surface area is 131 Å². The van der Waals surface area contributed by atoms with Crippen LogP contribution < -0.4 is 10.2 Å². The van der Waals surface area contributed by atoms with E-state index >= 15 is 0 Å². The summed E-state index contributed by atoms with van der Waals surface area (Å²) in [5.41, 5.74) is 1.34. The highest BCUT2D eigenvalue weighted by atomic mass is 32.1. The van der Waals surface area contributed by atoms with E-state index in [0.29, 0.717) is 0 Å². The smallest absolute Gasteiger partial charge is 0.195 e. The quantitative estimate of drug-likeness (QED) is 0.888. The minimum atomic E-state index is 0.0969. The number of nitrogens with one attached hydrogen (secondary N) is 1. The molecule has 2 rings (SSSR count). The summed E-state index contributed by atoms with van der Waals surface area (Å²) in [7, 11) is 6.32. The van der Waals surface area contributed by atoms with E-state index in [0.717, 1.165) is 30.4 Å². The number of hydrogen-bond acceptors (Lipinski definition) is 5. The second kappa shape index (κ2) is 6.34. The molecule has 0 amide bonds. The number of fused-ring (bicyclic) bond motifs is 1. The molecular formula is C15H27N5S. The molecule has 0 aliphatic carbocycles. The van der Waals surface area contributed by atoms with Crippen LogP contribution in [0.15, 0.2) is 11.6 Å². The van der Waals surface area contributed by atoms with Crippen LogP contribution in [0, 0.1) is 0 Å². The molecule has 0 fully saturated rings. The van der Waals surface area contributed by atoms with Crippen molar-refractivity contribution in [1.29, 1.82) is 0 Å². The van der Waals surface area contributed by atoms with Gasteiger partial charge in [0.25, 0.3) is 0 Å². The van der Waals surface area contributed by atoms with Gasteiger partial charge >= 0.3 is 0 Å². The summed E-state index contributed by atoms with van der Waals surface area (Å²) in [6, 6.07) is 0. The van der Waals surface area contributed by atoms with Crippen LogP contribution in [0.2, 0.25) is 0 Å². The second-order valence-corrected chi connectivity index (χ2v) is 7.64. The van der Waals surface area contributed by atoms with E-state index in [9.17, 15) is 0 Å². The van der Waals surface area contributed by atoms with Crippen molar-refractivity contribution in [2.24, 2.45) is 0 Å². The van der Waals surface area contributed by atoms with Gasteiger partial charge in [-0.3, -0.25) is 4.40 Å². The molecule has 0 spiro atoms. The van der Waals surface area contributed by atoms with Crippen molar-refractivity contribution >= 4 is 22.1 Å². The van der Waals surface area contributed by atoms with Crippen molar-refractivity contribution in [3.63, 3.8) is 0 Å². The largest absolute Gasteiger partial charge is 0.357 e. The van der Waals surface area contributed by atoms with E-state index in [1.54, 1.807) is 11.3 Å². The van der Waals surface area contributed by atoms with Crippen molar-refractivity contribution in [2.45, 2.75) is 32.9 Å². The van der Waals surface area contributed by atoms with Gasteiger partial charge in [-0.15, -0.1) is 11.3 Å². The van der Waals surface area contributed by atoms with Gasteiger partial charge in [0.1, 0.15) is 0 Å². The molecule has 0 aliphatic heterocycles. The Morgan fingerprint density at radius 1 is 1.24 bits per heavy atom. The normalized spacial score (nSPS) is 12.5. The van der Waals surface area contributed by atoms with Crippen LogP contribution in [0.5, 0.6) is 0 Å². The first-order valence-corrected chi connectivity index (χ1v) is 8.21. The predicted octanol–water partition coefficient (Wildman–Crippen LogP) is 2.28. The molecule has 0 saturated carbocycles. The summed E-state index contributed by atoms with van der Waals surface area (Å²) in [4.78, 5) is 10.3. The number of likely N-dealkylation sites (N-methyl/N-ethyl adjacent to an activating group) is 2. The maximum absolute atomic E-state index is 4.80. The average Bonchev–Trinajstić information content (AvgIpc) is 2.92. The van der Waals surface area contributed by atoms with Crippen molar-refractivity contribution in [3.05, 3.63) is 17.3 Å². The first kappa shape index (κ1) is 16.3. The van der Waals surface area contributed by atoms with Crippen LogP contribution in [0.25, 0.3) is 4.96 Å². The molecule has 2 aromatic heterocycles. The van der Waals surface area contributed by atoms with Gasteiger partial charge in [-0.05, 0) is 34.9 Å². The maximum Gasteiger partial charge on any atom is 0.195 e. The number of imidazole rings is 1. The number of anilines is 1. The molecule has 0 atom stereocenters. The van der Waals surface area contributed by atoms with Crippen LogP contribution in [-0.4, -0.2) is 54.1 Å². The Bertz CT molecular complexity index is 578.